The quantitative estimate of drug-likeness (QED) is 0.242. The summed E-state index contributed by atoms with van der Waals surface area (Å²) in [5.74, 6) is -0.728. The van der Waals surface area contributed by atoms with Gasteiger partial charge in [0.25, 0.3) is 0 Å². The fraction of sp³-hybridized carbons (Fsp3) is 0.238. The monoisotopic (exact) mass is 367 g/mol. The Bertz CT molecular complexity index is 806. The Morgan fingerprint density at radius 3 is 2.58 bits per heavy atom. The lowest BCUT2D eigenvalue weighted by Gasteiger charge is -2.46. The summed E-state index contributed by atoms with van der Waals surface area (Å²) in [6, 6.07) is 17.0. The molecule has 1 heterocycles. The van der Waals surface area contributed by atoms with E-state index in [0.29, 0.717) is 0 Å². The zero-order chi connectivity index (χ0) is 18.5. The first-order valence-electron chi connectivity index (χ1n) is 8.56. The number of thioether (sulfide) groups is 1. The van der Waals surface area contributed by atoms with E-state index in [1.54, 1.807) is 23.6 Å². The topological polar surface area (TPSA) is 46.6 Å². The number of hydrogen-bond acceptors (Lipinski definition) is 4. The number of hydrogen-bond donors (Lipinski definition) is 0. The van der Waals surface area contributed by atoms with E-state index in [0.717, 1.165) is 21.9 Å². The molecule has 134 valence electrons. The Kier molecular flexibility index (Phi) is 5.78. The molecular formula is C21H21NO3S. The molecular weight excluding hydrogens is 346 g/mol. The van der Waals surface area contributed by atoms with E-state index in [2.05, 4.69) is 6.58 Å². The van der Waals surface area contributed by atoms with Crippen LogP contribution in [-0.4, -0.2) is 24.2 Å². The highest BCUT2D eigenvalue weighted by Gasteiger charge is 2.54. The standard InChI is InChI=1S/C21H21NO3S/c1-3-14-26-17-13-9-8-12-16(17)22-19(15-10-6-5-7-11-15)18(20(22)23)21(24)25-4-2/h3,5-13,18-19H,1,4,14H2,2H3/t18-,19+/m0/s1. The third kappa shape index (κ3) is 3.40. The molecule has 2 atom stereocenters. The van der Waals surface area contributed by atoms with Crippen molar-refractivity contribution in [3.63, 3.8) is 0 Å². The highest BCUT2D eigenvalue weighted by atomic mass is 32.2. The average molecular weight is 367 g/mol. The maximum Gasteiger partial charge on any atom is 0.321 e. The molecule has 2 aromatic rings. The second-order valence-electron chi connectivity index (χ2n) is 5.86. The van der Waals surface area contributed by atoms with Gasteiger partial charge in [-0.2, -0.15) is 0 Å². The van der Waals surface area contributed by atoms with Gasteiger partial charge in [0.2, 0.25) is 5.91 Å². The maximum atomic E-state index is 12.9. The van der Waals surface area contributed by atoms with Gasteiger partial charge in [-0.05, 0) is 24.6 Å². The van der Waals surface area contributed by atoms with E-state index in [1.807, 2.05) is 60.7 Å². The molecule has 1 saturated heterocycles. The van der Waals surface area contributed by atoms with E-state index in [4.69, 9.17) is 4.74 Å². The van der Waals surface area contributed by atoms with E-state index >= 15 is 0 Å². The number of ether oxygens (including phenoxy) is 1. The van der Waals surface area contributed by atoms with Crippen molar-refractivity contribution in [3.05, 3.63) is 72.8 Å². The van der Waals surface area contributed by atoms with Crippen LogP contribution in [0, 0.1) is 5.92 Å². The number of β-lactam (4-membered cyclic amide) rings is 1. The molecule has 0 unspecified atom stereocenters. The van der Waals surface area contributed by atoms with Crippen molar-refractivity contribution in [1.82, 2.24) is 0 Å². The first kappa shape index (κ1) is 18.3. The molecule has 1 aliphatic rings. The molecule has 3 rings (SSSR count). The summed E-state index contributed by atoms with van der Waals surface area (Å²) < 4.78 is 5.14. The normalized spacial score (nSPS) is 19.0. The largest absolute Gasteiger partial charge is 0.465 e. The highest BCUT2D eigenvalue weighted by Crippen LogP contribution is 2.46. The molecule has 1 amide bonds. The van der Waals surface area contributed by atoms with Crippen LogP contribution < -0.4 is 4.90 Å². The van der Waals surface area contributed by atoms with Crippen LogP contribution in [0.1, 0.15) is 18.5 Å². The number of anilines is 1. The Morgan fingerprint density at radius 2 is 1.88 bits per heavy atom. The average Bonchev–Trinajstić information content (AvgIpc) is 2.66. The maximum absolute atomic E-state index is 12.9. The van der Waals surface area contributed by atoms with Crippen molar-refractivity contribution in [1.29, 1.82) is 0 Å². The van der Waals surface area contributed by atoms with Crippen LogP contribution in [0.4, 0.5) is 5.69 Å². The van der Waals surface area contributed by atoms with E-state index in [-0.39, 0.29) is 18.6 Å². The van der Waals surface area contributed by atoms with Gasteiger partial charge in [-0.3, -0.25) is 9.59 Å². The Hall–Kier alpha value is -2.53. The highest BCUT2D eigenvalue weighted by molar-refractivity contribution is 7.99. The minimum Gasteiger partial charge on any atom is -0.465 e. The van der Waals surface area contributed by atoms with E-state index in [9.17, 15) is 9.59 Å². The number of carbonyl (C=O) groups is 2. The number of rotatable bonds is 7. The van der Waals surface area contributed by atoms with Crippen LogP contribution in [-0.2, 0) is 14.3 Å². The first-order chi connectivity index (χ1) is 12.7. The SMILES string of the molecule is C=CCSc1ccccc1N1C(=O)[C@@H](C(=O)OCC)[C@H]1c1ccccc1. The number of carbonyl (C=O) groups excluding carboxylic acids is 2. The van der Waals surface area contributed by atoms with Gasteiger partial charge in [0.05, 0.1) is 18.3 Å². The van der Waals surface area contributed by atoms with E-state index in [1.165, 1.54) is 0 Å². The van der Waals surface area contributed by atoms with Gasteiger partial charge in [-0.1, -0.05) is 48.5 Å². The predicted molar refractivity (Wildman–Crippen MR) is 104 cm³/mol. The van der Waals surface area contributed by atoms with Gasteiger partial charge in [0, 0.05) is 10.6 Å². The minimum absolute atomic E-state index is 0.219. The lowest BCUT2D eigenvalue weighted by atomic mass is 9.81. The van der Waals surface area contributed by atoms with Crippen LogP contribution in [0.2, 0.25) is 0 Å². The zero-order valence-corrected chi connectivity index (χ0v) is 15.4. The second-order valence-corrected chi connectivity index (χ2v) is 6.92. The number of benzene rings is 2. The summed E-state index contributed by atoms with van der Waals surface area (Å²) in [6.45, 7) is 5.76. The molecule has 0 aromatic heterocycles. The summed E-state index contributed by atoms with van der Waals surface area (Å²) >= 11 is 1.62. The molecule has 0 aliphatic carbocycles. The van der Waals surface area contributed by atoms with Crippen LogP contribution in [0.3, 0.4) is 0 Å². The van der Waals surface area contributed by atoms with Crippen molar-refractivity contribution in [3.8, 4) is 0 Å². The molecule has 0 spiro atoms. The molecule has 0 radical (unpaired) electrons. The van der Waals surface area contributed by atoms with Crippen molar-refractivity contribution in [2.75, 3.05) is 17.3 Å². The number of amides is 1. The Balaban J connectivity index is 1.99. The Morgan fingerprint density at radius 1 is 1.19 bits per heavy atom. The van der Waals surface area contributed by atoms with Gasteiger partial charge in [-0.15, -0.1) is 18.3 Å². The number of para-hydroxylation sites is 1. The van der Waals surface area contributed by atoms with Crippen molar-refractivity contribution >= 4 is 29.3 Å². The fourth-order valence-corrected chi connectivity index (χ4v) is 3.92. The van der Waals surface area contributed by atoms with Crippen LogP contribution >= 0.6 is 11.8 Å². The molecule has 26 heavy (non-hydrogen) atoms. The molecule has 1 aliphatic heterocycles. The van der Waals surface area contributed by atoms with Gasteiger partial charge < -0.3 is 9.64 Å². The summed E-state index contributed by atoms with van der Waals surface area (Å²) in [7, 11) is 0. The van der Waals surface area contributed by atoms with Crippen LogP contribution in [0.5, 0.6) is 0 Å². The summed E-state index contributed by atoms with van der Waals surface area (Å²) in [4.78, 5) is 27.9. The summed E-state index contributed by atoms with van der Waals surface area (Å²) in [6.07, 6.45) is 1.83. The molecule has 5 heteroatoms. The van der Waals surface area contributed by atoms with Crippen LogP contribution in [0.25, 0.3) is 0 Å². The lowest BCUT2D eigenvalue weighted by molar-refractivity contribution is -0.157. The molecule has 0 N–H and O–H groups in total. The minimum atomic E-state index is -0.796. The van der Waals surface area contributed by atoms with Crippen molar-refractivity contribution < 1.29 is 14.3 Å². The molecule has 0 bridgehead atoms. The van der Waals surface area contributed by atoms with Gasteiger partial charge >= 0.3 is 5.97 Å². The lowest BCUT2D eigenvalue weighted by Crippen LogP contribution is -2.58. The Labute approximate surface area is 157 Å². The number of nitrogens with zero attached hydrogens (tertiary/aromatic N) is 1. The summed E-state index contributed by atoms with van der Waals surface area (Å²) in [5, 5.41) is 0. The molecule has 2 aromatic carbocycles. The predicted octanol–water partition coefficient (Wildman–Crippen LogP) is 4.23. The smallest absolute Gasteiger partial charge is 0.321 e. The van der Waals surface area contributed by atoms with Crippen LogP contribution in [0.15, 0.2) is 72.1 Å². The first-order valence-corrected chi connectivity index (χ1v) is 9.55. The number of esters is 1. The van der Waals surface area contributed by atoms with Gasteiger partial charge in [0.1, 0.15) is 0 Å². The fourth-order valence-electron chi connectivity index (χ4n) is 3.14. The molecule has 4 nitrogen and oxygen atoms in total. The van der Waals surface area contributed by atoms with Crippen molar-refractivity contribution in [2.45, 2.75) is 17.9 Å². The molecule has 1 fully saturated rings. The van der Waals surface area contributed by atoms with Gasteiger partial charge in [0.15, 0.2) is 5.92 Å². The second kappa shape index (κ2) is 8.23. The van der Waals surface area contributed by atoms with Gasteiger partial charge in [-0.25, -0.2) is 0 Å². The third-order valence-corrected chi connectivity index (χ3v) is 5.32. The zero-order valence-electron chi connectivity index (χ0n) is 14.6. The molecule has 0 saturated carbocycles. The van der Waals surface area contributed by atoms with Crippen molar-refractivity contribution in [2.24, 2.45) is 5.92 Å². The van der Waals surface area contributed by atoms with E-state index < -0.39 is 11.9 Å². The third-order valence-electron chi connectivity index (χ3n) is 4.26. The summed E-state index contributed by atoms with van der Waals surface area (Å²) in [5.41, 5.74) is 1.74.